The summed E-state index contributed by atoms with van der Waals surface area (Å²) in [6.07, 6.45) is 1.11. The molecular formula is C9H16ClN5. The third kappa shape index (κ3) is 3.36. The standard InChI is InChI=1S/C7H10ClN5.C2H6/c1-13(2)6-4(3-9)5(10)11-7(8)12-6;1-2/h3,9H,1-2H3,(H2,10,11,12);1-2H3. The Morgan fingerprint density at radius 1 is 1.33 bits per heavy atom. The molecule has 0 unspecified atom stereocenters. The average molecular weight is 230 g/mol. The maximum Gasteiger partial charge on any atom is 0.226 e. The molecule has 0 saturated carbocycles. The Hall–Kier alpha value is -1.36. The molecule has 0 radical (unpaired) electrons. The summed E-state index contributed by atoms with van der Waals surface area (Å²) >= 11 is 5.62. The van der Waals surface area contributed by atoms with E-state index >= 15 is 0 Å². The molecule has 5 nitrogen and oxygen atoms in total. The number of hydrogen-bond acceptors (Lipinski definition) is 5. The first kappa shape index (κ1) is 13.6. The van der Waals surface area contributed by atoms with Crippen LogP contribution >= 0.6 is 11.6 Å². The van der Waals surface area contributed by atoms with Gasteiger partial charge in [0.15, 0.2) is 0 Å². The summed E-state index contributed by atoms with van der Waals surface area (Å²) in [6, 6.07) is 0. The van der Waals surface area contributed by atoms with Crippen molar-refractivity contribution >= 4 is 29.5 Å². The van der Waals surface area contributed by atoms with Crippen molar-refractivity contribution in [2.45, 2.75) is 13.8 Å². The molecule has 15 heavy (non-hydrogen) atoms. The van der Waals surface area contributed by atoms with Gasteiger partial charge >= 0.3 is 0 Å². The summed E-state index contributed by atoms with van der Waals surface area (Å²) in [5, 5.41) is 7.22. The van der Waals surface area contributed by atoms with Crippen LogP contribution in [0.4, 0.5) is 11.6 Å². The zero-order valence-corrected chi connectivity index (χ0v) is 10.1. The van der Waals surface area contributed by atoms with Gasteiger partial charge in [0.1, 0.15) is 11.6 Å². The average Bonchev–Trinajstić information content (AvgIpc) is 2.19. The second kappa shape index (κ2) is 6.19. The molecule has 1 heterocycles. The molecule has 1 rings (SSSR count). The molecule has 0 bridgehead atoms. The zero-order chi connectivity index (χ0) is 12.0. The van der Waals surface area contributed by atoms with E-state index in [0.717, 1.165) is 6.21 Å². The number of aromatic nitrogens is 2. The number of halogens is 1. The van der Waals surface area contributed by atoms with Crippen LogP contribution in [0.5, 0.6) is 0 Å². The van der Waals surface area contributed by atoms with Crippen LogP contribution in [0.3, 0.4) is 0 Å². The predicted octanol–water partition coefficient (Wildman–Crippen LogP) is 1.80. The molecular weight excluding hydrogens is 214 g/mol. The monoisotopic (exact) mass is 229 g/mol. The minimum Gasteiger partial charge on any atom is -0.383 e. The van der Waals surface area contributed by atoms with Crippen LogP contribution in [-0.2, 0) is 0 Å². The van der Waals surface area contributed by atoms with Crippen LogP contribution in [-0.4, -0.2) is 30.3 Å². The minimum atomic E-state index is 0.0896. The Bertz CT molecular complexity index is 338. The van der Waals surface area contributed by atoms with Gasteiger partial charge in [0.2, 0.25) is 5.28 Å². The smallest absolute Gasteiger partial charge is 0.226 e. The highest BCUT2D eigenvalue weighted by atomic mass is 35.5. The SMILES string of the molecule is CC.CN(C)c1nc(Cl)nc(N)c1C=N. The largest absolute Gasteiger partial charge is 0.383 e. The molecule has 1 aromatic heterocycles. The molecule has 84 valence electrons. The lowest BCUT2D eigenvalue weighted by molar-refractivity contribution is 1.04. The van der Waals surface area contributed by atoms with Crippen LogP contribution in [0.1, 0.15) is 19.4 Å². The molecule has 6 heteroatoms. The summed E-state index contributed by atoms with van der Waals surface area (Å²) in [5.41, 5.74) is 6.04. The molecule has 0 amide bonds. The van der Waals surface area contributed by atoms with E-state index in [4.69, 9.17) is 22.7 Å². The molecule has 0 fully saturated rings. The number of nitrogens with one attached hydrogen (secondary N) is 1. The Labute approximate surface area is 94.8 Å². The fraction of sp³-hybridized carbons (Fsp3) is 0.444. The fourth-order valence-electron chi connectivity index (χ4n) is 0.926. The molecule has 1 aromatic rings. The van der Waals surface area contributed by atoms with Crippen molar-refractivity contribution in [2.75, 3.05) is 24.7 Å². The number of nitrogen functional groups attached to an aromatic ring is 1. The van der Waals surface area contributed by atoms with Crippen LogP contribution in [0.2, 0.25) is 5.28 Å². The minimum absolute atomic E-state index is 0.0896. The normalized spacial score (nSPS) is 8.87. The number of nitrogens with two attached hydrogens (primary N) is 1. The highest BCUT2D eigenvalue weighted by molar-refractivity contribution is 6.28. The second-order valence-corrected chi connectivity index (χ2v) is 2.99. The number of nitrogens with zero attached hydrogens (tertiary/aromatic N) is 3. The summed E-state index contributed by atoms with van der Waals surface area (Å²) in [7, 11) is 3.59. The maximum absolute atomic E-state index is 7.13. The molecule has 0 aliphatic carbocycles. The van der Waals surface area contributed by atoms with E-state index in [2.05, 4.69) is 9.97 Å². The van der Waals surface area contributed by atoms with Crippen molar-refractivity contribution in [3.05, 3.63) is 10.8 Å². The van der Waals surface area contributed by atoms with Gasteiger partial charge in [-0.25, -0.2) is 4.98 Å². The predicted molar refractivity (Wildman–Crippen MR) is 65.0 cm³/mol. The van der Waals surface area contributed by atoms with E-state index in [1.165, 1.54) is 0 Å². The second-order valence-electron chi connectivity index (χ2n) is 2.65. The van der Waals surface area contributed by atoms with E-state index in [0.29, 0.717) is 11.4 Å². The highest BCUT2D eigenvalue weighted by Gasteiger charge is 2.10. The van der Waals surface area contributed by atoms with Crippen molar-refractivity contribution in [1.82, 2.24) is 9.97 Å². The lowest BCUT2D eigenvalue weighted by Gasteiger charge is -2.14. The maximum atomic E-state index is 7.13. The molecule has 0 aliphatic heterocycles. The molecule has 0 aromatic carbocycles. The van der Waals surface area contributed by atoms with E-state index in [1.54, 1.807) is 19.0 Å². The summed E-state index contributed by atoms with van der Waals surface area (Å²) in [4.78, 5) is 9.42. The number of hydrogen-bond donors (Lipinski definition) is 2. The molecule has 0 atom stereocenters. The Morgan fingerprint density at radius 2 is 1.87 bits per heavy atom. The van der Waals surface area contributed by atoms with E-state index in [9.17, 15) is 0 Å². The van der Waals surface area contributed by atoms with Crippen molar-refractivity contribution in [3.63, 3.8) is 0 Å². The Kier molecular flexibility index (Phi) is 5.62. The summed E-state index contributed by atoms with van der Waals surface area (Å²) in [6.45, 7) is 4.00. The van der Waals surface area contributed by atoms with E-state index < -0.39 is 0 Å². The lowest BCUT2D eigenvalue weighted by atomic mass is 10.3. The zero-order valence-electron chi connectivity index (χ0n) is 9.37. The number of rotatable bonds is 2. The quantitative estimate of drug-likeness (QED) is 0.599. The number of anilines is 2. The van der Waals surface area contributed by atoms with Crippen molar-refractivity contribution < 1.29 is 0 Å². The lowest BCUT2D eigenvalue weighted by Crippen LogP contribution is -2.15. The Balaban J connectivity index is 0.000000921. The van der Waals surface area contributed by atoms with Gasteiger partial charge in [0, 0.05) is 20.3 Å². The van der Waals surface area contributed by atoms with Gasteiger partial charge in [-0.2, -0.15) is 4.98 Å². The van der Waals surface area contributed by atoms with Gasteiger partial charge in [0.05, 0.1) is 5.56 Å². The fourth-order valence-corrected chi connectivity index (χ4v) is 1.10. The topological polar surface area (TPSA) is 78.9 Å². The van der Waals surface area contributed by atoms with Crippen LogP contribution in [0.25, 0.3) is 0 Å². The first-order chi connectivity index (χ1) is 7.06. The van der Waals surface area contributed by atoms with Crippen molar-refractivity contribution in [2.24, 2.45) is 0 Å². The molecule has 0 aliphatic rings. The van der Waals surface area contributed by atoms with Gasteiger partial charge in [-0.15, -0.1) is 0 Å². The van der Waals surface area contributed by atoms with Crippen molar-refractivity contribution in [1.29, 1.82) is 5.41 Å². The van der Waals surface area contributed by atoms with Crippen LogP contribution in [0.15, 0.2) is 0 Å². The van der Waals surface area contributed by atoms with Gasteiger partial charge in [0.25, 0.3) is 0 Å². The van der Waals surface area contributed by atoms with Gasteiger partial charge in [-0.1, -0.05) is 13.8 Å². The summed E-state index contributed by atoms with van der Waals surface area (Å²) < 4.78 is 0. The third-order valence-corrected chi connectivity index (χ3v) is 1.66. The van der Waals surface area contributed by atoms with Gasteiger partial charge < -0.3 is 16.0 Å². The third-order valence-electron chi connectivity index (χ3n) is 1.50. The van der Waals surface area contributed by atoms with E-state index in [1.807, 2.05) is 13.8 Å². The first-order valence-corrected chi connectivity index (χ1v) is 4.95. The van der Waals surface area contributed by atoms with Crippen LogP contribution < -0.4 is 10.6 Å². The molecule has 3 N–H and O–H groups in total. The van der Waals surface area contributed by atoms with Gasteiger partial charge in [-0.05, 0) is 11.6 Å². The van der Waals surface area contributed by atoms with Gasteiger partial charge in [-0.3, -0.25) is 0 Å². The van der Waals surface area contributed by atoms with E-state index in [-0.39, 0.29) is 11.1 Å². The molecule has 0 saturated heterocycles. The summed E-state index contributed by atoms with van der Waals surface area (Å²) in [5.74, 6) is 0.770. The first-order valence-electron chi connectivity index (χ1n) is 4.57. The van der Waals surface area contributed by atoms with Crippen molar-refractivity contribution in [3.8, 4) is 0 Å². The van der Waals surface area contributed by atoms with Crippen LogP contribution in [0, 0.1) is 5.41 Å². The molecule has 0 spiro atoms. The Morgan fingerprint density at radius 3 is 2.27 bits per heavy atom. The highest BCUT2D eigenvalue weighted by Crippen LogP contribution is 2.20.